The lowest BCUT2D eigenvalue weighted by Crippen LogP contribution is -2.49. The normalized spacial score (nSPS) is 22.9. The molecule has 0 spiro atoms. The standard InChI is InChI=1S/C15H26N2OS/c1-11(2)17-7-8-18-14(10-17)9-16-13(4)15-6-5-12(3)19-15/h5-6,11,13-14,16H,7-10H2,1-4H3. The van der Waals surface area contributed by atoms with Crippen LogP contribution in [0, 0.1) is 6.92 Å². The second kappa shape index (κ2) is 6.84. The highest BCUT2D eigenvalue weighted by atomic mass is 32.1. The summed E-state index contributed by atoms with van der Waals surface area (Å²) >= 11 is 1.87. The molecule has 1 aliphatic rings. The third kappa shape index (κ3) is 4.28. The molecule has 19 heavy (non-hydrogen) atoms. The summed E-state index contributed by atoms with van der Waals surface area (Å²) in [4.78, 5) is 5.29. The van der Waals surface area contributed by atoms with Crippen molar-refractivity contribution in [3.05, 3.63) is 21.9 Å². The highest BCUT2D eigenvalue weighted by Gasteiger charge is 2.22. The van der Waals surface area contributed by atoms with E-state index in [0.29, 0.717) is 18.2 Å². The number of aryl methyl sites for hydroxylation is 1. The number of rotatable bonds is 5. The van der Waals surface area contributed by atoms with E-state index in [1.807, 2.05) is 11.3 Å². The van der Waals surface area contributed by atoms with E-state index in [9.17, 15) is 0 Å². The maximum atomic E-state index is 5.85. The minimum absolute atomic E-state index is 0.319. The zero-order chi connectivity index (χ0) is 13.8. The molecule has 1 fully saturated rings. The number of hydrogen-bond donors (Lipinski definition) is 1. The van der Waals surface area contributed by atoms with Crippen LogP contribution < -0.4 is 5.32 Å². The summed E-state index contributed by atoms with van der Waals surface area (Å²) in [5, 5.41) is 3.60. The van der Waals surface area contributed by atoms with Gasteiger partial charge in [-0.1, -0.05) is 0 Å². The Balaban J connectivity index is 1.78. The molecular formula is C15H26N2OS. The van der Waals surface area contributed by atoms with Crippen LogP contribution >= 0.6 is 11.3 Å². The van der Waals surface area contributed by atoms with Gasteiger partial charge in [0.15, 0.2) is 0 Å². The molecule has 4 heteroatoms. The van der Waals surface area contributed by atoms with Gasteiger partial charge in [-0.3, -0.25) is 4.90 Å². The minimum Gasteiger partial charge on any atom is -0.374 e. The number of morpholine rings is 1. The molecule has 0 aromatic carbocycles. The topological polar surface area (TPSA) is 24.5 Å². The molecule has 2 atom stereocenters. The largest absolute Gasteiger partial charge is 0.374 e. The summed E-state index contributed by atoms with van der Waals surface area (Å²) in [5.41, 5.74) is 0. The van der Waals surface area contributed by atoms with Crippen LogP contribution in [0.25, 0.3) is 0 Å². The molecular weight excluding hydrogens is 256 g/mol. The van der Waals surface area contributed by atoms with E-state index < -0.39 is 0 Å². The lowest BCUT2D eigenvalue weighted by molar-refractivity contribution is -0.0379. The Hall–Kier alpha value is -0.420. The highest BCUT2D eigenvalue weighted by molar-refractivity contribution is 7.12. The van der Waals surface area contributed by atoms with E-state index in [2.05, 4.69) is 50.0 Å². The average molecular weight is 282 g/mol. The second-order valence-corrected chi connectivity index (χ2v) is 6.98. The molecule has 2 rings (SSSR count). The van der Waals surface area contributed by atoms with Gasteiger partial charge in [-0.25, -0.2) is 0 Å². The number of ether oxygens (including phenoxy) is 1. The van der Waals surface area contributed by atoms with Crippen molar-refractivity contribution in [1.82, 2.24) is 10.2 Å². The van der Waals surface area contributed by atoms with E-state index in [-0.39, 0.29) is 0 Å². The fourth-order valence-corrected chi connectivity index (χ4v) is 3.33. The summed E-state index contributed by atoms with van der Waals surface area (Å²) in [6, 6.07) is 5.44. The third-order valence-corrected chi connectivity index (χ3v) is 4.92. The first kappa shape index (κ1) is 15.0. The van der Waals surface area contributed by atoms with Gasteiger partial charge in [-0.2, -0.15) is 0 Å². The van der Waals surface area contributed by atoms with E-state index in [4.69, 9.17) is 4.74 Å². The molecule has 0 amide bonds. The monoisotopic (exact) mass is 282 g/mol. The second-order valence-electron chi connectivity index (χ2n) is 5.66. The average Bonchev–Trinajstić information content (AvgIpc) is 2.83. The maximum Gasteiger partial charge on any atom is 0.0827 e. The summed E-state index contributed by atoms with van der Waals surface area (Å²) in [6.45, 7) is 12.8. The van der Waals surface area contributed by atoms with Crippen LogP contribution in [-0.2, 0) is 4.74 Å². The van der Waals surface area contributed by atoms with Gasteiger partial charge >= 0.3 is 0 Å². The Morgan fingerprint density at radius 1 is 1.42 bits per heavy atom. The molecule has 1 aromatic rings. The van der Waals surface area contributed by atoms with Crippen molar-refractivity contribution in [2.45, 2.75) is 45.9 Å². The number of hydrogen-bond acceptors (Lipinski definition) is 4. The van der Waals surface area contributed by atoms with Gasteiger partial charge in [-0.05, 0) is 39.8 Å². The predicted molar refractivity (Wildman–Crippen MR) is 81.9 cm³/mol. The molecule has 1 aromatic heterocycles. The molecule has 2 unspecified atom stereocenters. The smallest absolute Gasteiger partial charge is 0.0827 e. The Bertz CT molecular complexity index is 391. The molecule has 3 nitrogen and oxygen atoms in total. The highest BCUT2D eigenvalue weighted by Crippen LogP contribution is 2.22. The van der Waals surface area contributed by atoms with Crippen molar-refractivity contribution < 1.29 is 4.74 Å². The Labute approximate surface area is 121 Å². The minimum atomic E-state index is 0.319. The first-order chi connectivity index (χ1) is 9.06. The van der Waals surface area contributed by atoms with Crippen molar-refractivity contribution >= 4 is 11.3 Å². The maximum absolute atomic E-state index is 5.85. The molecule has 0 radical (unpaired) electrons. The van der Waals surface area contributed by atoms with Crippen LogP contribution in [-0.4, -0.2) is 43.3 Å². The molecule has 1 saturated heterocycles. The molecule has 0 bridgehead atoms. The van der Waals surface area contributed by atoms with Crippen LogP contribution in [0.5, 0.6) is 0 Å². The van der Waals surface area contributed by atoms with Crippen LogP contribution in [0.1, 0.15) is 36.6 Å². The molecule has 1 aliphatic heterocycles. The Morgan fingerprint density at radius 2 is 2.21 bits per heavy atom. The van der Waals surface area contributed by atoms with Crippen molar-refractivity contribution in [2.75, 3.05) is 26.2 Å². The van der Waals surface area contributed by atoms with Crippen LogP contribution in [0.3, 0.4) is 0 Å². The fraction of sp³-hybridized carbons (Fsp3) is 0.733. The zero-order valence-electron chi connectivity index (χ0n) is 12.5. The van der Waals surface area contributed by atoms with Gasteiger partial charge in [-0.15, -0.1) is 11.3 Å². The number of thiophene rings is 1. The van der Waals surface area contributed by atoms with E-state index >= 15 is 0 Å². The van der Waals surface area contributed by atoms with Gasteiger partial charge in [0.05, 0.1) is 12.7 Å². The lowest BCUT2D eigenvalue weighted by atomic mass is 10.2. The van der Waals surface area contributed by atoms with E-state index in [1.54, 1.807) is 0 Å². The van der Waals surface area contributed by atoms with Crippen molar-refractivity contribution in [2.24, 2.45) is 0 Å². The van der Waals surface area contributed by atoms with E-state index in [0.717, 1.165) is 26.2 Å². The van der Waals surface area contributed by atoms with Gasteiger partial charge < -0.3 is 10.1 Å². The third-order valence-electron chi connectivity index (χ3n) is 3.74. The molecule has 108 valence electrons. The van der Waals surface area contributed by atoms with Crippen LogP contribution in [0.2, 0.25) is 0 Å². The quantitative estimate of drug-likeness (QED) is 0.899. The van der Waals surface area contributed by atoms with Crippen molar-refractivity contribution in [3.8, 4) is 0 Å². The van der Waals surface area contributed by atoms with Crippen LogP contribution in [0.4, 0.5) is 0 Å². The zero-order valence-corrected chi connectivity index (χ0v) is 13.3. The SMILES string of the molecule is Cc1ccc(C(C)NCC2CN(C(C)C)CCO2)s1. The molecule has 1 N–H and O–H groups in total. The Kier molecular flexibility index (Phi) is 5.39. The molecule has 0 aliphatic carbocycles. The number of nitrogens with zero attached hydrogens (tertiary/aromatic N) is 1. The fourth-order valence-electron chi connectivity index (χ4n) is 2.43. The summed E-state index contributed by atoms with van der Waals surface area (Å²) < 4.78 is 5.85. The van der Waals surface area contributed by atoms with Gasteiger partial charge in [0, 0.05) is 41.5 Å². The van der Waals surface area contributed by atoms with Crippen LogP contribution in [0.15, 0.2) is 12.1 Å². The van der Waals surface area contributed by atoms with E-state index in [1.165, 1.54) is 9.75 Å². The molecule has 2 heterocycles. The first-order valence-corrected chi connectivity index (χ1v) is 8.03. The van der Waals surface area contributed by atoms with Gasteiger partial charge in [0.25, 0.3) is 0 Å². The lowest BCUT2D eigenvalue weighted by Gasteiger charge is -2.36. The number of nitrogens with one attached hydrogen (secondary N) is 1. The molecule has 0 saturated carbocycles. The van der Waals surface area contributed by atoms with Crippen molar-refractivity contribution in [1.29, 1.82) is 0 Å². The predicted octanol–water partition coefficient (Wildman–Crippen LogP) is 2.82. The van der Waals surface area contributed by atoms with Gasteiger partial charge in [0.1, 0.15) is 0 Å². The first-order valence-electron chi connectivity index (χ1n) is 7.21. The Morgan fingerprint density at radius 3 is 2.84 bits per heavy atom. The summed E-state index contributed by atoms with van der Waals surface area (Å²) in [7, 11) is 0. The summed E-state index contributed by atoms with van der Waals surface area (Å²) in [5.74, 6) is 0. The summed E-state index contributed by atoms with van der Waals surface area (Å²) in [6.07, 6.45) is 0.319. The van der Waals surface area contributed by atoms with Gasteiger partial charge in [0.2, 0.25) is 0 Å². The van der Waals surface area contributed by atoms with Crippen molar-refractivity contribution in [3.63, 3.8) is 0 Å².